The van der Waals surface area contributed by atoms with Gasteiger partial charge in [0.1, 0.15) is 0 Å². The summed E-state index contributed by atoms with van der Waals surface area (Å²) in [7, 11) is 0. The van der Waals surface area contributed by atoms with E-state index in [1.165, 1.54) is 11.1 Å². The highest BCUT2D eigenvalue weighted by Gasteiger charge is 2.15. The number of aryl methyl sites for hydroxylation is 2. The Morgan fingerprint density at radius 2 is 1.68 bits per heavy atom. The number of carbonyl (C=O) groups is 1. The van der Waals surface area contributed by atoms with Crippen molar-refractivity contribution in [2.75, 3.05) is 5.32 Å². The fourth-order valence-electron chi connectivity index (χ4n) is 2.74. The van der Waals surface area contributed by atoms with Crippen LogP contribution in [0.1, 0.15) is 35.3 Å². The number of hydrogen-bond donors (Lipinski definition) is 1. The Morgan fingerprint density at radius 3 is 2.36 bits per heavy atom. The van der Waals surface area contributed by atoms with E-state index < -0.39 is 0 Å². The molecule has 0 spiro atoms. The fourth-order valence-corrected chi connectivity index (χ4v) is 3.68. The molecule has 112 valence electrons. The summed E-state index contributed by atoms with van der Waals surface area (Å²) in [6.07, 6.45) is 1.82. The monoisotopic (exact) mass is 309 g/mol. The molecule has 2 aromatic carbocycles. The van der Waals surface area contributed by atoms with Crippen LogP contribution < -0.4 is 5.32 Å². The molecule has 1 N–H and O–H groups in total. The van der Waals surface area contributed by atoms with Gasteiger partial charge in [-0.2, -0.15) is 0 Å². The van der Waals surface area contributed by atoms with Crippen molar-refractivity contribution < 1.29 is 4.79 Å². The van der Waals surface area contributed by atoms with E-state index in [2.05, 4.69) is 37.4 Å². The summed E-state index contributed by atoms with van der Waals surface area (Å²) in [6, 6.07) is 14.3. The minimum atomic E-state index is -0.0203. The molecule has 0 unspecified atom stereocenters. The highest BCUT2D eigenvalue weighted by molar-refractivity contribution is 7.17. The lowest BCUT2D eigenvalue weighted by molar-refractivity contribution is 0.102. The molecule has 3 aromatic rings. The maximum absolute atomic E-state index is 12.7. The van der Waals surface area contributed by atoms with Crippen LogP contribution in [0.4, 0.5) is 5.69 Å². The van der Waals surface area contributed by atoms with Gasteiger partial charge in [-0.15, -0.1) is 11.3 Å². The number of rotatable bonds is 4. The smallest absolute Gasteiger partial charge is 0.257 e. The van der Waals surface area contributed by atoms with Crippen molar-refractivity contribution in [2.24, 2.45) is 0 Å². The number of fused-ring (bicyclic) bond motifs is 1. The maximum atomic E-state index is 12.7. The quantitative estimate of drug-likeness (QED) is 0.698. The van der Waals surface area contributed by atoms with E-state index in [0.717, 1.165) is 34.2 Å². The first-order valence-electron chi connectivity index (χ1n) is 7.63. The fraction of sp³-hybridized carbons (Fsp3) is 0.211. The summed E-state index contributed by atoms with van der Waals surface area (Å²) < 4.78 is 1.15. The molecule has 0 bridgehead atoms. The van der Waals surface area contributed by atoms with Gasteiger partial charge >= 0.3 is 0 Å². The van der Waals surface area contributed by atoms with E-state index in [9.17, 15) is 4.79 Å². The molecule has 0 aliphatic carbocycles. The Morgan fingerprint density at radius 1 is 1.00 bits per heavy atom. The third kappa shape index (κ3) is 2.64. The van der Waals surface area contributed by atoms with Crippen molar-refractivity contribution in [3.8, 4) is 0 Å². The number of hydrogen-bond acceptors (Lipinski definition) is 2. The van der Waals surface area contributed by atoms with Gasteiger partial charge in [0.2, 0.25) is 0 Å². The Labute approximate surface area is 134 Å². The van der Waals surface area contributed by atoms with E-state index in [-0.39, 0.29) is 5.91 Å². The number of amides is 1. The molecule has 2 nitrogen and oxygen atoms in total. The van der Waals surface area contributed by atoms with Crippen LogP contribution in [0.25, 0.3) is 10.1 Å². The first-order valence-corrected chi connectivity index (χ1v) is 8.50. The summed E-state index contributed by atoms with van der Waals surface area (Å²) in [4.78, 5) is 12.7. The zero-order chi connectivity index (χ0) is 15.5. The van der Waals surface area contributed by atoms with Crippen LogP contribution in [-0.2, 0) is 12.8 Å². The van der Waals surface area contributed by atoms with Gasteiger partial charge in [-0.25, -0.2) is 0 Å². The molecule has 3 heteroatoms. The largest absolute Gasteiger partial charge is 0.321 e. The minimum absolute atomic E-state index is 0.0203. The first kappa shape index (κ1) is 14.8. The van der Waals surface area contributed by atoms with E-state index in [4.69, 9.17) is 0 Å². The second-order valence-electron chi connectivity index (χ2n) is 5.26. The first-order chi connectivity index (χ1) is 10.7. The molecule has 1 aromatic heterocycles. The van der Waals surface area contributed by atoms with Crippen LogP contribution in [0.3, 0.4) is 0 Å². The zero-order valence-corrected chi connectivity index (χ0v) is 13.7. The summed E-state index contributed by atoms with van der Waals surface area (Å²) >= 11 is 1.61. The summed E-state index contributed by atoms with van der Waals surface area (Å²) in [5.74, 6) is -0.0203. The van der Waals surface area contributed by atoms with Crippen molar-refractivity contribution >= 4 is 33.0 Å². The van der Waals surface area contributed by atoms with Crippen LogP contribution in [-0.4, -0.2) is 5.91 Å². The maximum Gasteiger partial charge on any atom is 0.257 e. The van der Waals surface area contributed by atoms with Crippen molar-refractivity contribution in [2.45, 2.75) is 26.7 Å². The lowest BCUT2D eigenvalue weighted by atomic mass is 10.0. The number of carbonyl (C=O) groups excluding carboxylic acids is 1. The van der Waals surface area contributed by atoms with Crippen molar-refractivity contribution in [1.82, 2.24) is 0 Å². The van der Waals surface area contributed by atoms with Gasteiger partial charge in [0, 0.05) is 21.2 Å². The van der Waals surface area contributed by atoms with Gasteiger partial charge in [-0.3, -0.25) is 4.79 Å². The van der Waals surface area contributed by atoms with E-state index >= 15 is 0 Å². The predicted octanol–water partition coefficient (Wildman–Crippen LogP) is 5.28. The lowest BCUT2D eigenvalue weighted by Crippen LogP contribution is -2.14. The van der Waals surface area contributed by atoms with Crippen LogP contribution in [0.5, 0.6) is 0 Å². The van der Waals surface area contributed by atoms with E-state index in [1.807, 2.05) is 29.6 Å². The normalized spacial score (nSPS) is 10.8. The van der Waals surface area contributed by atoms with E-state index in [1.54, 1.807) is 11.3 Å². The molecular weight excluding hydrogens is 290 g/mol. The number of para-hydroxylation sites is 1. The van der Waals surface area contributed by atoms with Crippen LogP contribution >= 0.6 is 11.3 Å². The molecule has 22 heavy (non-hydrogen) atoms. The molecule has 0 saturated heterocycles. The molecule has 0 aliphatic rings. The van der Waals surface area contributed by atoms with Gasteiger partial charge in [0.25, 0.3) is 5.91 Å². The Kier molecular flexibility index (Phi) is 4.25. The third-order valence-corrected chi connectivity index (χ3v) is 4.93. The Bertz CT molecular complexity index is 797. The van der Waals surface area contributed by atoms with Gasteiger partial charge in [0.15, 0.2) is 0 Å². The number of thiophene rings is 1. The molecular formula is C19H19NOS. The summed E-state index contributed by atoms with van der Waals surface area (Å²) in [5.41, 5.74) is 4.11. The van der Waals surface area contributed by atoms with Crippen LogP contribution in [0.2, 0.25) is 0 Å². The average molecular weight is 309 g/mol. The van der Waals surface area contributed by atoms with Gasteiger partial charge in [-0.1, -0.05) is 50.2 Å². The third-order valence-electron chi connectivity index (χ3n) is 3.96. The molecule has 0 saturated carbocycles. The summed E-state index contributed by atoms with van der Waals surface area (Å²) in [6.45, 7) is 4.23. The summed E-state index contributed by atoms with van der Waals surface area (Å²) in [5, 5.41) is 6.11. The lowest BCUT2D eigenvalue weighted by Gasteiger charge is -2.14. The Balaban J connectivity index is 1.98. The molecule has 0 atom stereocenters. The van der Waals surface area contributed by atoms with Gasteiger partial charge in [0.05, 0.1) is 5.56 Å². The van der Waals surface area contributed by atoms with Crippen molar-refractivity contribution in [3.63, 3.8) is 0 Å². The molecule has 3 rings (SSSR count). The average Bonchev–Trinajstić information content (AvgIpc) is 2.99. The van der Waals surface area contributed by atoms with Crippen molar-refractivity contribution in [3.05, 3.63) is 64.5 Å². The second kappa shape index (κ2) is 6.32. The molecule has 0 fully saturated rings. The van der Waals surface area contributed by atoms with Crippen LogP contribution in [0, 0.1) is 0 Å². The minimum Gasteiger partial charge on any atom is -0.321 e. The predicted molar refractivity (Wildman–Crippen MR) is 95.0 cm³/mol. The highest BCUT2D eigenvalue weighted by atomic mass is 32.1. The van der Waals surface area contributed by atoms with Gasteiger partial charge < -0.3 is 5.32 Å². The number of nitrogens with one attached hydrogen (secondary N) is 1. The standard InChI is InChI=1S/C19H19NOS/c1-3-13-8-7-9-14(4-2)18(13)20-19(21)16-12-22-17-11-6-5-10-15(16)17/h5-12H,3-4H2,1-2H3,(H,20,21). The highest BCUT2D eigenvalue weighted by Crippen LogP contribution is 2.28. The number of anilines is 1. The van der Waals surface area contributed by atoms with Crippen LogP contribution in [0.15, 0.2) is 47.8 Å². The zero-order valence-electron chi connectivity index (χ0n) is 12.8. The van der Waals surface area contributed by atoms with Crippen molar-refractivity contribution in [1.29, 1.82) is 0 Å². The van der Waals surface area contributed by atoms with E-state index in [0.29, 0.717) is 0 Å². The van der Waals surface area contributed by atoms with Gasteiger partial charge in [-0.05, 0) is 30.0 Å². The number of benzene rings is 2. The Hall–Kier alpha value is -2.13. The SMILES string of the molecule is CCc1cccc(CC)c1NC(=O)c1csc2ccccc12. The second-order valence-corrected chi connectivity index (χ2v) is 6.17. The molecule has 0 aliphatic heterocycles. The molecule has 1 heterocycles. The molecule has 1 amide bonds. The topological polar surface area (TPSA) is 29.1 Å². The molecule has 0 radical (unpaired) electrons.